The Morgan fingerprint density at radius 1 is 1.31 bits per heavy atom. The molecule has 1 aromatic rings. The monoisotopic (exact) mass is 178 g/mol. The molecule has 0 saturated heterocycles. The number of hydrogen-bond acceptors (Lipinski definition) is 2. The molecule has 2 atom stereocenters. The molecule has 1 N–H and O–H groups in total. The molecule has 0 aliphatic carbocycles. The van der Waals surface area contributed by atoms with Gasteiger partial charge in [-0.3, -0.25) is 0 Å². The lowest BCUT2D eigenvalue weighted by Crippen LogP contribution is -2.24. The lowest BCUT2D eigenvalue weighted by molar-refractivity contribution is 0.0383. The molecular formula is C11H14O2. The number of hydrogen-bond donors (Lipinski definition) is 1. The minimum absolute atomic E-state index is 0.0857. The molecule has 2 nitrogen and oxygen atoms in total. The quantitative estimate of drug-likeness (QED) is 0.714. The van der Waals surface area contributed by atoms with Crippen LogP contribution in [0.2, 0.25) is 0 Å². The van der Waals surface area contributed by atoms with Gasteiger partial charge in [-0.2, -0.15) is 0 Å². The van der Waals surface area contributed by atoms with E-state index in [-0.39, 0.29) is 6.10 Å². The van der Waals surface area contributed by atoms with Crippen LogP contribution in [-0.4, -0.2) is 11.2 Å². The molecule has 1 aliphatic rings. The summed E-state index contributed by atoms with van der Waals surface area (Å²) in [7, 11) is 0. The Morgan fingerprint density at radius 3 is 2.62 bits per heavy atom. The zero-order valence-electron chi connectivity index (χ0n) is 7.90. The smallest absolute Gasteiger partial charge is 0.131 e. The molecule has 0 unspecified atom stereocenters. The maximum absolute atomic E-state index is 9.89. The van der Waals surface area contributed by atoms with Crippen molar-refractivity contribution in [3.8, 4) is 5.75 Å². The van der Waals surface area contributed by atoms with Gasteiger partial charge in [0.25, 0.3) is 0 Å². The van der Waals surface area contributed by atoms with Gasteiger partial charge in [0.1, 0.15) is 18.0 Å². The Morgan fingerprint density at radius 2 is 2.00 bits per heavy atom. The van der Waals surface area contributed by atoms with E-state index in [0.29, 0.717) is 5.92 Å². The predicted molar refractivity (Wildman–Crippen MR) is 50.7 cm³/mol. The first-order valence-corrected chi connectivity index (χ1v) is 4.64. The molecule has 2 rings (SSSR count). The predicted octanol–water partition coefficient (Wildman–Crippen LogP) is 2.14. The second-order valence-electron chi connectivity index (χ2n) is 3.81. The topological polar surface area (TPSA) is 29.5 Å². The molecule has 1 heterocycles. The highest BCUT2D eigenvalue weighted by Crippen LogP contribution is 2.38. The second-order valence-corrected chi connectivity index (χ2v) is 3.81. The summed E-state index contributed by atoms with van der Waals surface area (Å²) in [6.07, 6.45) is -0.548. The summed E-state index contributed by atoms with van der Waals surface area (Å²) < 4.78 is 5.63. The van der Waals surface area contributed by atoms with Crippen LogP contribution < -0.4 is 4.74 Å². The minimum atomic E-state index is -0.462. The van der Waals surface area contributed by atoms with E-state index < -0.39 is 6.10 Å². The molecule has 0 spiro atoms. The summed E-state index contributed by atoms with van der Waals surface area (Å²) in [5, 5.41) is 9.89. The average molecular weight is 178 g/mol. The fourth-order valence-corrected chi connectivity index (χ4v) is 1.72. The van der Waals surface area contributed by atoms with E-state index in [9.17, 15) is 5.11 Å². The average Bonchev–Trinajstić information content (AvgIpc) is 2.45. The maximum atomic E-state index is 9.89. The molecule has 13 heavy (non-hydrogen) atoms. The molecule has 0 aromatic heterocycles. The first kappa shape index (κ1) is 8.57. The van der Waals surface area contributed by atoms with Crippen LogP contribution in [-0.2, 0) is 0 Å². The zero-order chi connectivity index (χ0) is 9.42. The van der Waals surface area contributed by atoms with Gasteiger partial charge in [0.15, 0.2) is 0 Å². The Hall–Kier alpha value is -1.02. The van der Waals surface area contributed by atoms with Gasteiger partial charge in [-0.05, 0) is 12.0 Å². The number of rotatable bonds is 1. The summed E-state index contributed by atoms with van der Waals surface area (Å²) in [5.74, 6) is 1.16. The Bertz CT molecular complexity index is 307. The molecule has 0 radical (unpaired) electrons. The summed E-state index contributed by atoms with van der Waals surface area (Å²) in [4.78, 5) is 0. The van der Waals surface area contributed by atoms with E-state index in [2.05, 4.69) is 13.8 Å². The molecule has 1 aliphatic heterocycles. The molecular weight excluding hydrogens is 164 g/mol. The van der Waals surface area contributed by atoms with Crippen LogP contribution in [0.1, 0.15) is 25.5 Å². The third-order valence-corrected chi connectivity index (χ3v) is 2.47. The molecule has 2 heteroatoms. The van der Waals surface area contributed by atoms with Gasteiger partial charge in [-0.25, -0.2) is 0 Å². The third kappa shape index (κ3) is 1.31. The second kappa shape index (κ2) is 3.04. The summed E-state index contributed by atoms with van der Waals surface area (Å²) in [6.45, 7) is 4.11. The number of fused-ring (bicyclic) bond motifs is 1. The molecule has 0 saturated carbocycles. The SMILES string of the molecule is CC(C)[C@H]1Oc2ccccc2[C@H]1O. The summed E-state index contributed by atoms with van der Waals surface area (Å²) in [6, 6.07) is 7.67. The van der Waals surface area contributed by atoms with Crippen molar-refractivity contribution >= 4 is 0 Å². The summed E-state index contributed by atoms with van der Waals surface area (Å²) >= 11 is 0. The van der Waals surface area contributed by atoms with Crippen molar-refractivity contribution in [1.82, 2.24) is 0 Å². The van der Waals surface area contributed by atoms with Crippen molar-refractivity contribution in [2.45, 2.75) is 26.1 Å². The fraction of sp³-hybridized carbons (Fsp3) is 0.455. The van der Waals surface area contributed by atoms with Crippen LogP contribution in [0.25, 0.3) is 0 Å². The van der Waals surface area contributed by atoms with Crippen LogP contribution in [0, 0.1) is 5.92 Å². The van der Waals surface area contributed by atoms with E-state index in [1.807, 2.05) is 24.3 Å². The molecule has 70 valence electrons. The maximum Gasteiger partial charge on any atom is 0.131 e. The molecule has 0 amide bonds. The number of para-hydroxylation sites is 1. The molecule has 0 bridgehead atoms. The highest BCUT2D eigenvalue weighted by Gasteiger charge is 2.34. The first-order valence-electron chi connectivity index (χ1n) is 4.64. The zero-order valence-corrected chi connectivity index (χ0v) is 7.90. The Labute approximate surface area is 78.2 Å². The highest BCUT2D eigenvalue weighted by molar-refractivity contribution is 5.39. The number of ether oxygens (including phenoxy) is 1. The van der Waals surface area contributed by atoms with Crippen molar-refractivity contribution < 1.29 is 9.84 Å². The first-order chi connectivity index (χ1) is 6.20. The number of benzene rings is 1. The third-order valence-electron chi connectivity index (χ3n) is 2.47. The van der Waals surface area contributed by atoms with Gasteiger partial charge >= 0.3 is 0 Å². The standard InChI is InChI=1S/C11H14O2/c1-7(2)11-10(12)8-5-3-4-6-9(8)13-11/h3-7,10-12H,1-2H3/t10-,11-/m1/s1. The van der Waals surface area contributed by atoms with Crippen LogP contribution in [0.5, 0.6) is 5.75 Å². The van der Waals surface area contributed by atoms with Gasteiger partial charge in [-0.15, -0.1) is 0 Å². The Kier molecular flexibility index (Phi) is 2.00. The number of aliphatic hydroxyl groups is 1. The van der Waals surface area contributed by atoms with E-state index in [1.54, 1.807) is 0 Å². The lowest BCUT2D eigenvalue weighted by atomic mass is 9.99. The van der Waals surface area contributed by atoms with Crippen LogP contribution in [0.3, 0.4) is 0 Å². The van der Waals surface area contributed by atoms with Crippen molar-refractivity contribution in [2.75, 3.05) is 0 Å². The van der Waals surface area contributed by atoms with E-state index in [4.69, 9.17) is 4.74 Å². The van der Waals surface area contributed by atoms with Crippen molar-refractivity contribution in [2.24, 2.45) is 5.92 Å². The normalized spacial score (nSPS) is 25.8. The number of aliphatic hydroxyl groups excluding tert-OH is 1. The van der Waals surface area contributed by atoms with Crippen LogP contribution in [0.4, 0.5) is 0 Å². The van der Waals surface area contributed by atoms with E-state index >= 15 is 0 Å². The van der Waals surface area contributed by atoms with Gasteiger partial charge in [0.05, 0.1) is 0 Å². The molecule has 1 aromatic carbocycles. The van der Waals surface area contributed by atoms with Crippen molar-refractivity contribution in [3.05, 3.63) is 29.8 Å². The largest absolute Gasteiger partial charge is 0.487 e. The Balaban J connectivity index is 2.32. The fourth-order valence-electron chi connectivity index (χ4n) is 1.72. The minimum Gasteiger partial charge on any atom is -0.487 e. The van der Waals surface area contributed by atoms with E-state index in [0.717, 1.165) is 11.3 Å². The highest BCUT2D eigenvalue weighted by atomic mass is 16.5. The lowest BCUT2D eigenvalue weighted by Gasteiger charge is -2.17. The van der Waals surface area contributed by atoms with Crippen LogP contribution in [0.15, 0.2) is 24.3 Å². The molecule has 0 fully saturated rings. The van der Waals surface area contributed by atoms with E-state index in [1.165, 1.54) is 0 Å². The van der Waals surface area contributed by atoms with Crippen LogP contribution >= 0.6 is 0 Å². The summed E-state index contributed by atoms with van der Waals surface area (Å²) in [5.41, 5.74) is 0.918. The van der Waals surface area contributed by atoms with Crippen molar-refractivity contribution in [3.63, 3.8) is 0 Å². The van der Waals surface area contributed by atoms with Gasteiger partial charge in [-0.1, -0.05) is 32.0 Å². The van der Waals surface area contributed by atoms with Gasteiger partial charge < -0.3 is 9.84 Å². The van der Waals surface area contributed by atoms with Crippen molar-refractivity contribution in [1.29, 1.82) is 0 Å². The van der Waals surface area contributed by atoms with Gasteiger partial charge in [0, 0.05) is 5.56 Å². The van der Waals surface area contributed by atoms with Gasteiger partial charge in [0.2, 0.25) is 0 Å².